The predicted octanol–water partition coefficient (Wildman–Crippen LogP) is 11.5. The minimum atomic E-state index is -1.00. The van der Waals surface area contributed by atoms with E-state index in [0.717, 1.165) is 82.3 Å². The molecule has 2 aromatic carbocycles. The van der Waals surface area contributed by atoms with Gasteiger partial charge in [0, 0.05) is 21.9 Å². The van der Waals surface area contributed by atoms with Crippen LogP contribution in [0.25, 0.3) is 34.2 Å². The number of rotatable bonds is 10. The third-order valence-electron chi connectivity index (χ3n) is 9.94. The number of esters is 1. The summed E-state index contributed by atoms with van der Waals surface area (Å²) in [6, 6.07) is 12.2. The topological polar surface area (TPSA) is 129 Å². The molecule has 16 heteroatoms. The van der Waals surface area contributed by atoms with Gasteiger partial charge < -0.3 is 19.7 Å². The number of benzene rings is 2. The van der Waals surface area contributed by atoms with Crippen LogP contribution in [-0.4, -0.2) is 58.2 Å². The zero-order valence-corrected chi connectivity index (χ0v) is 40.1. The smallest absolute Gasteiger partial charge is 0.369 e. The molecule has 0 unspecified atom stereocenters. The number of thiophene rings is 2. The van der Waals surface area contributed by atoms with E-state index in [0.29, 0.717) is 48.6 Å². The highest BCUT2D eigenvalue weighted by atomic mass is 79.9. The molecule has 0 fully saturated rings. The molecular formula is C43H46BBr3N4O6S2. The molecule has 0 radical (unpaired) electrons. The number of ether oxygens (including phenoxy) is 2. The number of fused-ring (bicyclic) bond motifs is 6. The fourth-order valence-electron chi connectivity index (χ4n) is 7.63. The van der Waals surface area contributed by atoms with Crippen LogP contribution in [0.3, 0.4) is 0 Å². The van der Waals surface area contributed by atoms with Crippen molar-refractivity contribution < 1.29 is 29.3 Å². The Bertz CT molecular complexity index is 2420. The van der Waals surface area contributed by atoms with Crippen molar-refractivity contribution in [2.45, 2.75) is 73.1 Å². The monoisotopic (exact) mass is 1030 g/mol. The Hall–Kier alpha value is -3.70. The summed E-state index contributed by atoms with van der Waals surface area (Å²) in [5, 5.41) is 28.0. The van der Waals surface area contributed by atoms with Crippen molar-refractivity contribution in [3.63, 3.8) is 0 Å². The second-order valence-corrected chi connectivity index (χ2v) is 23.0. The van der Waals surface area contributed by atoms with Crippen LogP contribution in [0.15, 0.2) is 57.9 Å². The molecule has 0 amide bonds. The van der Waals surface area contributed by atoms with Crippen LogP contribution in [0.1, 0.15) is 89.2 Å². The van der Waals surface area contributed by atoms with E-state index in [2.05, 4.69) is 102 Å². The number of aromatic nitrogens is 4. The van der Waals surface area contributed by atoms with Crippen LogP contribution >= 0.6 is 69.9 Å². The maximum absolute atomic E-state index is 12.6. The van der Waals surface area contributed by atoms with Crippen LogP contribution < -0.4 is 4.74 Å². The zero-order chi connectivity index (χ0) is 42.5. The van der Waals surface area contributed by atoms with Crippen molar-refractivity contribution in [2.75, 3.05) is 13.7 Å². The fraction of sp³-hybridized carbons (Fsp3) is 0.349. The number of halogens is 3. The first-order valence-electron chi connectivity index (χ1n) is 19.4. The van der Waals surface area contributed by atoms with Gasteiger partial charge in [0.15, 0.2) is 11.4 Å². The molecule has 2 aliphatic rings. The molecule has 8 rings (SSSR count). The molecule has 310 valence electrons. The summed E-state index contributed by atoms with van der Waals surface area (Å²) in [5.74, 6) is 2.28. The highest BCUT2D eigenvalue weighted by Gasteiger charge is 2.31. The number of hydrogen-bond donors (Lipinski definition) is 2. The lowest BCUT2D eigenvalue weighted by Gasteiger charge is -2.24. The number of imidazole rings is 2. The van der Waals surface area contributed by atoms with E-state index in [9.17, 15) is 19.8 Å². The SMILES string of the molecule is BrB(Br)Br.CC(C)Cc1cc2c(cc1O)CCc1c(C(=O)O)nc(-c3ccsc3)n1-2.CCOC(=O)c1nc(-c2ccsc2)n2c1CCc1cc(OC)c(CC(C)C)cc1-2. The Labute approximate surface area is 378 Å². The van der Waals surface area contributed by atoms with Gasteiger partial charge >= 0.3 is 15.1 Å². The minimum Gasteiger partial charge on any atom is -0.508 e. The molecule has 0 aliphatic carbocycles. The number of carboxylic acid groups (broad SMARTS) is 1. The van der Waals surface area contributed by atoms with E-state index in [4.69, 9.17) is 14.5 Å². The van der Waals surface area contributed by atoms with Crippen LogP contribution in [-0.2, 0) is 43.3 Å². The van der Waals surface area contributed by atoms with Gasteiger partial charge in [0.25, 0.3) is 0 Å². The molecule has 0 bridgehead atoms. The maximum Gasteiger partial charge on any atom is 0.369 e. The molecule has 4 aromatic heterocycles. The van der Waals surface area contributed by atoms with Gasteiger partial charge in [0.2, 0.25) is 0 Å². The normalized spacial score (nSPS) is 12.3. The van der Waals surface area contributed by atoms with E-state index in [-0.39, 0.29) is 14.8 Å². The third kappa shape index (κ3) is 10.1. The molecule has 2 N–H and O–H groups in total. The van der Waals surface area contributed by atoms with Crippen LogP contribution in [0, 0.1) is 11.8 Å². The lowest BCUT2D eigenvalue weighted by atomic mass is 9.94. The molecule has 59 heavy (non-hydrogen) atoms. The van der Waals surface area contributed by atoms with E-state index >= 15 is 0 Å². The van der Waals surface area contributed by atoms with Crippen LogP contribution in [0.2, 0.25) is 0 Å². The van der Waals surface area contributed by atoms with E-state index in [1.54, 1.807) is 29.8 Å². The van der Waals surface area contributed by atoms with Crippen LogP contribution in [0.5, 0.6) is 11.5 Å². The molecule has 6 aromatic rings. The fourth-order valence-corrected chi connectivity index (χ4v) is 8.89. The number of aromatic carboxylic acids is 1. The first-order chi connectivity index (χ1) is 28.2. The summed E-state index contributed by atoms with van der Waals surface area (Å²) in [7, 11) is 1.73. The third-order valence-corrected chi connectivity index (χ3v) is 11.3. The Morgan fingerprint density at radius 3 is 1.76 bits per heavy atom. The maximum atomic E-state index is 12.6. The van der Waals surface area contributed by atoms with Crippen molar-refractivity contribution in [3.05, 3.63) is 103 Å². The number of carboxylic acids is 1. The Morgan fingerprint density at radius 2 is 1.29 bits per heavy atom. The summed E-state index contributed by atoms with van der Waals surface area (Å²) in [6.07, 6.45) is 4.57. The highest BCUT2D eigenvalue weighted by Crippen LogP contribution is 2.39. The Kier molecular flexibility index (Phi) is 15.0. The zero-order valence-electron chi connectivity index (χ0n) is 33.7. The van der Waals surface area contributed by atoms with Crippen molar-refractivity contribution in [1.82, 2.24) is 19.1 Å². The molecule has 0 spiro atoms. The van der Waals surface area contributed by atoms with Gasteiger partial charge in [-0.15, -0.1) is 47.3 Å². The van der Waals surface area contributed by atoms with E-state index in [1.165, 1.54) is 11.1 Å². The number of nitrogens with zero attached hydrogens (tertiary/aromatic N) is 4. The number of methoxy groups -OCH3 is 1. The lowest BCUT2D eigenvalue weighted by molar-refractivity contribution is 0.0518. The van der Waals surface area contributed by atoms with Crippen molar-refractivity contribution in [3.8, 4) is 45.6 Å². The number of phenolic OH excluding ortho intramolecular Hbond substituents is 1. The number of hydrogen-bond acceptors (Lipinski definition) is 9. The van der Waals surface area contributed by atoms with Crippen molar-refractivity contribution in [2.24, 2.45) is 11.8 Å². The van der Waals surface area contributed by atoms with Gasteiger partial charge in [-0.3, -0.25) is 9.13 Å². The van der Waals surface area contributed by atoms with Gasteiger partial charge in [-0.2, -0.15) is 22.7 Å². The summed E-state index contributed by atoms with van der Waals surface area (Å²) < 4.78 is 15.4. The molecule has 10 nitrogen and oxygen atoms in total. The Balaban J connectivity index is 0.000000183. The van der Waals surface area contributed by atoms with Crippen LogP contribution in [0.4, 0.5) is 0 Å². The summed E-state index contributed by atoms with van der Waals surface area (Å²) >= 11 is 12.5. The highest BCUT2D eigenvalue weighted by molar-refractivity contribution is 9.69. The predicted molar refractivity (Wildman–Crippen MR) is 249 cm³/mol. The standard InChI is InChI=1S/C23H26N2O3S.C20H20N2O3S.BBr3/c1-5-28-23(26)21-18-7-6-15-12-20(27-4)17(10-14(2)3)11-19(15)25(18)22(24-21)16-8-9-29-13-16;1-11(2)7-14-8-16-12(9-17(14)23)3-4-15-18(20(24)25)21-19(22(15)16)13-5-6-26-10-13;2-1(3)4/h8-9,11-14H,5-7,10H2,1-4H3;5-6,8-11,23H,3-4,7H2,1-2H3,(H,24,25);. The summed E-state index contributed by atoms with van der Waals surface area (Å²) in [6.45, 7) is 10.8. The second kappa shape index (κ2) is 19.8. The van der Waals surface area contributed by atoms with Crippen molar-refractivity contribution in [1.29, 1.82) is 0 Å². The Morgan fingerprint density at radius 1 is 0.797 bits per heavy atom. The molecule has 2 aliphatic heterocycles. The first-order valence-corrected chi connectivity index (χ1v) is 24.0. The minimum absolute atomic E-state index is 0.121. The number of aromatic hydroxyl groups is 1. The van der Waals surface area contributed by atoms with Gasteiger partial charge in [0.1, 0.15) is 23.1 Å². The lowest BCUT2D eigenvalue weighted by Crippen LogP contribution is -2.17. The number of phenols is 1. The first kappa shape index (κ1) is 44.8. The average molecular weight is 1030 g/mol. The summed E-state index contributed by atoms with van der Waals surface area (Å²) in [5.41, 5.74) is 10.5. The second-order valence-electron chi connectivity index (χ2n) is 15.0. The molecule has 0 atom stereocenters. The van der Waals surface area contributed by atoms with Crippen molar-refractivity contribution >= 4 is 85.1 Å². The average Bonchev–Trinajstić information content (AvgIpc) is 4.01. The quantitative estimate of drug-likeness (QED) is 0.103. The number of carbonyl (C=O) groups is 2. The van der Waals surface area contributed by atoms with Gasteiger partial charge in [-0.05, 0) is 127 Å². The molecular weight excluding hydrogens is 983 g/mol. The van der Waals surface area contributed by atoms with E-state index < -0.39 is 5.97 Å². The summed E-state index contributed by atoms with van der Waals surface area (Å²) in [4.78, 5) is 33.5. The molecule has 0 saturated carbocycles. The number of aryl methyl sites for hydroxylation is 2. The van der Waals surface area contributed by atoms with E-state index in [1.807, 2.05) is 51.9 Å². The van der Waals surface area contributed by atoms with Gasteiger partial charge in [0.05, 0.1) is 36.5 Å². The number of carbonyl (C=O) groups excluding carboxylic acids is 1. The largest absolute Gasteiger partial charge is 0.508 e. The molecule has 0 saturated heterocycles. The van der Waals surface area contributed by atoms with Gasteiger partial charge in [-0.25, -0.2) is 19.6 Å². The van der Waals surface area contributed by atoms with Gasteiger partial charge in [-0.1, -0.05) is 27.7 Å². The molecule has 6 heterocycles.